The molecule has 2 N–H and O–H groups in total. The Morgan fingerprint density at radius 1 is 1.08 bits per heavy atom. The van der Waals surface area contributed by atoms with E-state index in [-0.39, 0.29) is 16.8 Å². The number of sulfonamides is 1. The zero-order valence-electron chi connectivity index (χ0n) is 12.8. The van der Waals surface area contributed by atoms with Crippen LogP contribution < -0.4 is 10.0 Å². The molecule has 0 unspecified atom stereocenters. The van der Waals surface area contributed by atoms with E-state index in [9.17, 15) is 13.2 Å². The molecule has 1 amide bonds. The van der Waals surface area contributed by atoms with E-state index < -0.39 is 10.0 Å². The number of hydrogen-bond donors (Lipinski definition) is 2. The average molecular weight is 385 g/mol. The second-order valence-corrected chi connectivity index (χ2v) is 9.11. The number of anilines is 1. The third-order valence-corrected chi connectivity index (χ3v) is 6.66. The Morgan fingerprint density at radius 2 is 1.75 bits per heavy atom. The molecule has 2 aromatic rings. The lowest BCUT2D eigenvalue weighted by Crippen LogP contribution is -2.32. The Morgan fingerprint density at radius 3 is 2.33 bits per heavy atom. The molecule has 3 rings (SSSR count). The molecule has 0 bridgehead atoms. The number of rotatable bonds is 5. The maximum absolute atomic E-state index is 12.3. The Labute approximate surface area is 150 Å². The molecule has 5 nitrogen and oxygen atoms in total. The lowest BCUT2D eigenvalue weighted by atomic mass is 10.3. The van der Waals surface area contributed by atoms with Gasteiger partial charge in [-0.15, -0.1) is 11.3 Å². The summed E-state index contributed by atoms with van der Waals surface area (Å²) in [6.07, 6.45) is 3.89. The van der Waals surface area contributed by atoms with Crippen molar-refractivity contribution in [2.45, 2.75) is 36.6 Å². The van der Waals surface area contributed by atoms with Crippen LogP contribution in [0.15, 0.2) is 41.3 Å². The summed E-state index contributed by atoms with van der Waals surface area (Å²) in [6, 6.07) is 9.48. The van der Waals surface area contributed by atoms with E-state index >= 15 is 0 Å². The molecule has 1 saturated carbocycles. The van der Waals surface area contributed by atoms with Crippen LogP contribution >= 0.6 is 22.9 Å². The average Bonchev–Trinajstić information content (AvgIpc) is 3.19. The fourth-order valence-corrected chi connectivity index (χ4v) is 4.92. The van der Waals surface area contributed by atoms with Gasteiger partial charge in [-0.25, -0.2) is 13.1 Å². The molecule has 0 atom stereocenters. The van der Waals surface area contributed by atoms with Crippen molar-refractivity contribution in [1.29, 1.82) is 0 Å². The maximum Gasteiger partial charge on any atom is 0.265 e. The van der Waals surface area contributed by atoms with E-state index in [1.54, 1.807) is 24.3 Å². The molecule has 0 aliphatic heterocycles. The highest BCUT2D eigenvalue weighted by atomic mass is 35.5. The number of amides is 1. The highest BCUT2D eigenvalue weighted by Gasteiger charge is 2.22. The molecule has 128 valence electrons. The van der Waals surface area contributed by atoms with Gasteiger partial charge in [0.15, 0.2) is 0 Å². The zero-order chi connectivity index (χ0) is 17.2. The highest BCUT2D eigenvalue weighted by molar-refractivity contribution is 7.89. The summed E-state index contributed by atoms with van der Waals surface area (Å²) in [5, 5.41) is 2.72. The maximum atomic E-state index is 12.3. The van der Waals surface area contributed by atoms with Gasteiger partial charge in [-0.05, 0) is 49.2 Å². The number of nitrogens with one attached hydrogen (secondary N) is 2. The second-order valence-electron chi connectivity index (χ2n) is 5.68. The van der Waals surface area contributed by atoms with Crippen LogP contribution in [0.3, 0.4) is 0 Å². The molecule has 0 saturated heterocycles. The van der Waals surface area contributed by atoms with Crippen molar-refractivity contribution >= 4 is 44.6 Å². The molecular weight excluding hydrogens is 368 g/mol. The molecule has 1 aromatic heterocycles. The van der Waals surface area contributed by atoms with Gasteiger partial charge in [-0.3, -0.25) is 4.79 Å². The largest absolute Gasteiger partial charge is 0.321 e. The topological polar surface area (TPSA) is 75.3 Å². The summed E-state index contributed by atoms with van der Waals surface area (Å²) in [6.45, 7) is 0. The van der Waals surface area contributed by atoms with Gasteiger partial charge in [0.05, 0.1) is 14.1 Å². The van der Waals surface area contributed by atoms with Crippen LogP contribution in [0.25, 0.3) is 0 Å². The number of hydrogen-bond acceptors (Lipinski definition) is 4. The van der Waals surface area contributed by atoms with Crippen LogP contribution in [0.5, 0.6) is 0 Å². The monoisotopic (exact) mass is 384 g/mol. The minimum absolute atomic E-state index is 0.0259. The first-order valence-electron chi connectivity index (χ1n) is 7.63. The fourth-order valence-electron chi connectivity index (χ4n) is 2.68. The Bertz CT molecular complexity index is 825. The van der Waals surface area contributed by atoms with Gasteiger partial charge in [-0.1, -0.05) is 24.4 Å². The van der Waals surface area contributed by atoms with Crippen molar-refractivity contribution < 1.29 is 13.2 Å². The molecule has 1 heterocycles. The van der Waals surface area contributed by atoms with Crippen LogP contribution in [0.4, 0.5) is 5.69 Å². The van der Waals surface area contributed by atoms with Crippen LogP contribution in [0, 0.1) is 0 Å². The standard InChI is InChI=1S/C16H17ClN2O3S2/c17-15-10-9-14(23-15)16(20)18-11-5-7-13(8-6-11)24(21,22)19-12-3-1-2-4-12/h5-10,12,19H,1-4H2,(H,18,20). The predicted octanol–water partition coefficient (Wildman–Crippen LogP) is 3.87. The predicted molar refractivity (Wildman–Crippen MR) is 96.3 cm³/mol. The summed E-state index contributed by atoms with van der Waals surface area (Å²) in [4.78, 5) is 12.7. The molecule has 1 aliphatic rings. The summed E-state index contributed by atoms with van der Waals surface area (Å²) in [5.74, 6) is -0.272. The van der Waals surface area contributed by atoms with Gasteiger partial charge in [-0.2, -0.15) is 0 Å². The summed E-state index contributed by atoms with van der Waals surface area (Å²) in [7, 11) is -3.52. The quantitative estimate of drug-likeness (QED) is 0.821. The third kappa shape index (κ3) is 4.16. The number of halogens is 1. The van der Waals surface area contributed by atoms with Crippen LogP contribution in [0.2, 0.25) is 4.34 Å². The van der Waals surface area contributed by atoms with E-state index in [0.717, 1.165) is 25.7 Å². The number of carbonyl (C=O) groups is 1. The van der Waals surface area contributed by atoms with E-state index in [1.807, 2.05) is 0 Å². The van der Waals surface area contributed by atoms with E-state index in [2.05, 4.69) is 10.0 Å². The van der Waals surface area contributed by atoms with Crippen molar-refractivity contribution in [1.82, 2.24) is 4.72 Å². The molecule has 1 aromatic carbocycles. The van der Waals surface area contributed by atoms with Crippen molar-refractivity contribution in [3.8, 4) is 0 Å². The lowest BCUT2D eigenvalue weighted by molar-refractivity contribution is 0.103. The Kier molecular flexibility index (Phi) is 5.24. The molecule has 0 spiro atoms. The van der Waals surface area contributed by atoms with E-state index in [1.165, 1.54) is 23.5 Å². The van der Waals surface area contributed by atoms with Crippen molar-refractivity contribution in [2.24, 2.45) is 0 Å². The zero-order valence-corrected chi connectivity index (χ0v) is 15.2. The highest BCUT2D eigenvalue weighted by Crippen LogP contribution is 2.23. The fraction of sp³-hybridized carbons (Fsp3) is 0.312. The van der Waals surface area contributed by atoms with Gasteiger partial charge in [0.2, 0.25) is 10.0 Å². The van der Waals surface area contributed by atoms with Crippen LogP contribution in [0.1, 0.15) is 35.4 Å². The molecule has 8 heteroatoms. The first-order valence-corrected chi connectivity index (χ1v) is 10.3. The van der Waals surface area contributed by atoms with Crippen molar-refractivity contribution in [3.63, 3.8) is 0 Å². The van der Waals surface area contributed by atoms with Gasteiger partial charge >= 0.3 is 0 Å². The lowest BCUT2D eigenvalue weighted by Gasteiger charge is -2.13. The SMILES string of the molecule is O=C(Nc1ccc(S(=O)(=O)NC2CCCC2)cc1)c1ccc(Cl)s1. The van der Waals surface area contributed by atoms with Gasteiger partial charge in [0, 0.05) is 11.7 Å². The van der Waals surface area contributed by atoms with E-state index in [0.29, 0.717) is 14.9 Å². The van der Waals surface area contributed by atoms with Crippen LogP contribution in [-0.4, -0.2) is 20.4 Å². The van der Waals surface area contributed by atoms with Gasteiger partial charge in [0.1, 0.15) is 0 Å². The van der Waals surface area contributed by atoms with Crippen molar-refractivity contribution in [2.75, 3.05) is 5.32 Å². The molecule has 0 radical (unpaired) electrons. The van der Waals surface area contributed by atoms with Gasteiger partial charge < -0.3 is 5.32 Å². The molecule has 1 fully saturated rings. The first kappa shape index (κ1) is 17.4. The summed E-state index contributed by atoms with van der Waals surface area (Å²) >= 11 is 7.00. The Hall–Kier alpha value is -1.41. The number of benzene rings is 1. The Balaban J connectivity index is 1.67. The minimum atomic E-state index is -3.52. The second kappa shape index (κ2) is 7.23. The molecule has 24 heavy (non-hydrogen) atoms. The number of carbonyl (C=O) groups excluding carboxylic acids is 1. The molecular formula is C16H17ClN2O3S2. The van der Waals surface area contributed by atoms with Crippen LogP contribution in [-0.2, 0) is 10.0 Å². The third-order valence-electron chi connectivity index (χ3n) is 3.90. The molecule has 1 aliphatic carbocycles. The van der Waals surface area contributed by atoms with E-state index in [4.69, 9.17) is 11.6 Å². The smallest absolute Gasteiger partial charge is 0.265 e. The van der Waals surface area contributed by atoms with Crippen molar-refractivity contribution in [3.05, 3.63) is 45.6 Å². The summed E-state index contributed by atoms with van der Waals surface area (Å²) in [5.41, 5.74) is 0.532. The summed E-state index contributed by atoms with van der Waals surface area (Å²) < 4.78 is 27.9. The van der Waals surface area contributed by atoms with Gasteiger partial charge in [0.25, 0.3) is 5.91 Å². The number of thiophene rings is 1. The minimum Gasteiger partial charge on any atom is -0.321 e. The normalized spacial score (nSPS) is 15.5. The first-order chi connectivity index (χ1) is 11.4.